The maximum absolute atomic E-state index is 13.0. The van der Waals surface area contributed by atoms with Crippen LogP contribution in [0.5, 0.6) is 0 Å². The van der Waals surface area contributed by atoms with Crippen molar-refractivity contribution in [2.75, 3.05) is 18.0 Å². The molecule has 0 aromatic carbocycles. The molecule has 1 aliphatic rings. The molecule has 1 fully saturated rings. The van der Waals surface area contributed by atoms with Crippen LogP contribution in [0.3, 0.4) is 0 Å². The summed E-state index contributed by atoms with van der Waals surface area (Å²) in [5.41, 5.74) is 0.0358. The number of rotatable bonds is 4. The molecule has 0 unspecified atom stereocenters. The quantitative estimate of drug-likeness (QED) is 0.691. The summed E-state index contributed by atoms with van der Waals surface area (Å²) in [5.74, 6) is -0.898. The number of anilines is 1. The third-order valence-electron chi connectivity index (χ3n) is 4.80. The van der Waals surface area contributed by atoms with Crippen molar-refractivity contribution in [3.05, 3.63) is 34.0 Å². The molecule has 0 bridgehead atoms. The minimum absolute atomic E-state index is 0.0164. The lowest BCUT2D eigenvalue weighted by atomic mass is 9.96. The summed E-state index contributed by atoms with van der Waals surface area (Å²) >= 11 is 1.54. The molecule has 0 saturated carbocycles. The molecule has 1 saturated heterocycles. The molecule has 12 heteroatoms. The van der Waals surface area contributed by atoms with Gasteiger partial charge in [0.1, 0.15) is 5.82 Å². The van der Waals surface area contributed by atoms with E-state index in [1.807, 2.05) is 11.8 Å². The van der Waals surface area contributed by atoms with Crippen LogP contribution in [-0.2, 0) is 17.5 Å². The molecule has 0 atom stereocenters. The molecule has 154 valence electrons. The monoisotopic (exact) mass is 425 g/mol. The number of alkyl halides is 3. The first-order valence-corrected chi connectivity index (χ1v) is 9.86. The summed E-state index contributed by atoms with van der Waals surface area (Å²) < 4.78 is 39.8. The Morgan fingerprint density at radius 3 is 2.69 bits per heavy atom. The predicted molar refractivity (Wildman–Crippen MR) is 99.4 cm³/mol. The van der Waals surface area contributed by atoms with E-state index in [-0.39, 0.29) is 17.5 Å². The van der Waals surface area contributed by atoms with Crippen LogP contribution in [0.25, 0.3) is 5.65 Å². The summed E-state index contributed by atoms with van der Waals surface area (Å²) in [6.45, 7) is 3.42. The number of aryl methyl sites for hydroxylation is 1. The summed E-state index contributed by atoms with van der Waals surface area (Å²) in [6.07, 6.45) is -1.68. The molecule has 29 heavy (non-hydrogen) atoms. The number of hydrogen-bond acceptors (Lipinski definition) is 7. The first kappa shape index (κ1) is 19.6. The van der Waals surface area contributed by atoms with Crippen molar-refractivity contribution in [3.8, 4) is 0 Å². The average molecular weight is 425 g/mol. The Hall–Kier alpha value is -2.76. The van der Waals surface area contributed by atoms with Gasteiger partial charge in [-0.3, -0.25) is 4.79 Å². The second-order valence-corrected chi connectivity index (χ2v) is 8.13. The van der Waals surface area contributed by atoms with Crippen LogP contribution in [0.2, 0.25) is 0 Å². The fraction of sp³-hybridized carbons (Fsp3) is 0.471. The van der Waals surface area contributed by atoms with Crippen molar-refractivity contribution in [2.45, 2.75) is 32.5 Å². The smallest absolute Gasteiger partial charge is 0.355 e. The van der Waals surface area contributed by atoms with Crippen LogP contribution >= 0.6 is 11.3 Å². The zero-order valence-corrected chi connectivity index (χ0v) is 16.3. The number of hydrogen-bond donors (Lipinski definition) is 1. The summed E-state index contributed by atoms with van der Waals surface area (Å²) in [4.78, 5) is 19.4. The third kappa shape index (κ3) is 4.16. The molecule has 0 radical (unpaired) electrons. The van der Waals surface area contributed by atoms with E-state index in [1.165, 1.54) is 6.07 Å². The fourth-order valence-corrected chi connectivity index (χ4v) is 4.04. The molecule has 1 amide bonds. The number of aromatic nitrogens is 5. The van der Waals surface area contributed by atoms with E-state index in [0.29, 0.717) is 42.8 Å². The number of carbonyl (C=O) groups is 1. The van der Waals surface area contributed by atoms with Crippen molar-refractivity contribution < 1.29 is 18.0 Å². The first-order valence-electron chi connectivity index (χ1n) is 9.05. The lowest BCUT2D eigenvalue weighted by Crippen LogP contribution is -2.40. The number of halogens is 3. The van der Waals surface area contributed by atoms with Crippen molar-refractivity contribution in [1.29, 1.82) is 0 Å². The molecule has 0 aliphatic carbocycles. The van der Waals surface area contributed by atoms with E-state index in [0.717, 1.165) is 9.88 Å². The van der Waals surface area contributed by atoms with Gasteiger partial charge >= 0.3 is 6.18 Å². The first-order chi connectivity index (χ1) is 13.8. The van der Waals surface area contributed by atoms with Crippen LogP contribution in [0.4, 0.5) is 19.0 Å². The molecular formula is C17H18F3N7OS. The van der Waals surface area contributed by atoms with Crippen molar-refractivity contribution in [1.82, 2.24) is 30.1 Å². The lowest BCUT2D eigenvalue weighted by Gasteiger charge is -2.32. The lowest BCUT2D eigenvalue weighted by molar-refractivity contribution is -0.146. The molecular weight excluding hydrogens is 407 g/mol. The van der Waals surface area contributed by atoms with Crippen LogP contribution in [0, 0.1) is 12.8 Å². The highest BCUT2D eigenvalue weighted by Gasteiger charge is 2.38. The Morgan fingerprint density at radius 2 is 2.03 bits per heavy atom. The van der Waals surface area contributed by atoms with E-state index in [9.17, 15) is 18.0 Å². The maximum Gasteiger partial charge on any atom is 0.453 e. The number of carbonyl (C=O) groups excluding carboxylic acids is 1. The minimum Gasteiger partial charge on any atom is -0.355 e. The fourth-order valence-electron chi connectivity index (χ4n) is 3.30. The Bertz CT molecular complexity index is 1020. The SMILES string of the molecule is Cc1ncc(CNC(=O)C2CCN(c3ccc4nnc(C(F)(F)F)n4n3)CC2)s1. The van der Waals surface area contributed by atoms with Gasteiger partial charge in [0, 0.05) is 30.1 Å². The van der Waals surface area contributed by atoms with Crippen molar-refractivity contribution >= 4 is 28.7 Å². The summed E-state index contributed by atoms with van der Waals surface area (Å²) in [7, 11) is 0. The number of thiazole rings is 1. The predicted octanol–water partition coefficient (Wildman–Crippen LogP) is 2.44. The molecule has 3 aromatic heterocycles. The van der Waals surface area contributed by atoms with E-state index in [4.69, 9.17) is 0 Å². The number of fused-ring (bicyclic) bond motifs is 1. The second-order valence-electron chi connectivity index (χ2n) is 6.81. The Morgan fingerprint density at radius 1 is 1.28 bits per heavy atom. The van der Waals surface area contributed by atoms with Gasteiger partial charge in [-0.1, -0.05) is 0 Å². The largest absolute Gasteiger partial charge is 0.453 e. The van der Waals surface area contributed by atoms with Gasteiger partial charge < -0.3 is 10.2 Å². The maximum atomic E-state index is 13.0. The zero-order valence-electron chi connectivity index (χ0n) is 15.5. The van der Waals surface area contributed by atoms with Crippen LogP contribution < -0.4 is 10.2 Å². The topological polar surface area (TPSA) is 88.3 Å². The van der Waals surface area contributed by atoms with Crippen LogP contribution in [0.15, 0.2) is 18.3 Å². The highest BCUT2D eigenvalue weighted by atomic mass is 32.1. The van der Waals surface area contributed by atoms with Gasteiger partial charge in [-0.05, 0) is 31.9 Å². The van der Waals surface area contributed by atoms with E-state index in [1.54, 1.807) is 23.6 Å². The van der Waals surface area contributed by atoms with Gasteiger partial charge in [-0.2, -0.15) is 17.7 Å². The molecule has 8 nitrogen and oxygen atoms in total. The normalized spacial score (nSPS) is 15.8. The molecule has 1 N–H and O–H groups in total. The van der Waals surface area contributed by atoms with Gasteiger partial charge in [0.15, 0.2) is 5.65 Å². The van der Waals surface area contributed by atoms with Gasteiger partial charge in [0.2, 0.25) is 5.91 Å². The number of nitrogens with one attached hydrogen (secondary N) is 1. The van der Waals surface area contributed by atoms with Gasteiger partial charge in [-0.15, -0.1) is 26.6 Å². The molecule has 1 aliphatic heterocycles. The minimum atomic E-state index is -4.63. The van der Waals surface area contributed by atoms with Crippen molar-refractivity contribution in [3.63, 3.8) is 0 Å². The number of piperidine rings is 1. The summed E-state index contributed by atoms with van der Waals surface area (Å²) in [5, 5.41) is 14.6. The second kappa shape index (κ2) is 7.58. The van der Waals surface area contributed by atoms with Crippen LogP contribution in [-0.4, -0.2) is 43.8 Å². The van der Waals surface area contributed by atoms with Gasteiger partial charge in [0.05, 0.1) is 11.6 Å². The summed E-state index contributed by atoms with van der Waals surface area (Å²) in [6, 6.07) is 3.08. The Balaban J connectivity index is 1.38. The molecule has 4 rings (SSSR count). The van der Waals surface area contributed by atoms with E-state index < -0.39 is 12.0 Å². The zero-order chi connectivity index (χ0) is 20.6. The Kier molecular flexibility index (Phi) is 5.11. The average Bonchev–Trinajstić information content (AvgIpc) is 3.31. The molecule has 0 spiro atoms. The highest BCUT2D eigenvalue weighted by molar-refractivity contribution is 7.11. The van der Waals surface area contributed by atoms with Crippen molar-refractivity contribution in [2.24, 2.45) is 5.92 Å². The standard InChI is InChI=1S/C17H18F3N7OS/c1-10-21-8-12(29-10)9-22-15(28)11-4-6-26(7-5-11)14-3-2-13-23-24-16(17(18,19)20)27(13)25-14/h2-3,8,11H,4-7,9H2,1H3,(H,22,28). The van der Waals surface area contributed by atoms with Gasteiger partial charge in [-0.25, -0.2) is 4.98 Å². The van der Waals surface area contributed by atoms with E-state index >= 15 is 0 Å². The number of amides is 1. The number of nitrogens with zero attached hydrogens (tertiary/aromatic N) is 6. The Labute approximate surface area is 167 Å². The molecule has 3 aromatic rings. The molecule has 4 heterocycles. The van der Waals surface area contributed by atoms with Gasteiger partial charge in [0.25, 0.3) is 5.82 Å². The van der Waals surface area contributed by atoms with E-state index in [2.05, 4.69) is 25.6 Å². The third-order valence-corrected chi connectivity index (χ3v) is 5.71. The van der Waals surface area contributed by atoms with Crippen LogP contribution in [0.1, 0.15) is 28.6 Å². The highest BCUT2D eigenvalue weighted by Crippen LogP contribution is 2.28.